The molecule has 0 bridgehead atoms. The minimum atomic E-state index is -0.262. The minimum absolute atomic E-state index is 0.192. The van der Waals surface area contributed by atoms with Gasteiger partial charge in [0.15, 0.2) is 4.34 Å². The molecule has 0 fully saturated rings. The van der Waals surface area contributed by atoms with Gasteiger partial charge in [0.1, 0.15) is 0 Å². The van der Waals surface area contributed by atoms with Gasteiger partial charge in [-0.3, -0.25) is 14.7 Å². The second-order valence-corrected chi connectivity index (χ2v) is 8.41. The number of para-hydroxylation sites is 2. The summed E-state index contributed by atoms with van der Waals surface area (Å²) in [4.78, 5) is 29.1. The van der Waals surface area contributed by atoms with Crippen molar-refractivity contribution in [3.05, 3.63) is 76.2 Å². The summed E-state index contributed by atoms with van der Waals surface area (Å²) in [7, 11) is 0. The first kappa shape index (κ1) is 19.2. The topological polar surface area (TPSA) is 92.1 Å². The number of fused-ring (bicyclic) bond motifs is 1. The minimum Gasteiger partial charge on any atom is -0.295 e. The fraction of sp³-hybridized carbons (Fsp3) is 0.100. The largest absolute Gasteiger partial charge is 0.295 e. The summed E-state index contributed by atoms with van der Waals surface area (Å²) in [6.45, 7) is 1.78. The molecule has 2 N–H and O–H groups in total. The number of hydrogen-bond donors (Lipinski definition) is 2. The molecular formula is C20H17N5O2S2. The molecule has 0 spiro atoms. The molecule has 146 valence electrons. The lowest BCUT2D eigenvalue weighted by atomic mass is 10.3. The number of carbonyl (C=O) groups is 1. The molecule has 9 heteroatoms. The number of aryl methyl sites for hydroxylation is 1. The van der Waals surface area contributed by atoms with E-state index in [2.05, 4.69) is 20.6 Å². The number of hydrogen-bond acceptors (Lipinski definition) is 6. The Hall–Kier alpha value is -3.17. The number of aromatic amines is 1. The van der Waals surface area contributed by atoms with E-state index in [1.807, 2.05) is 54.6 Å². The maximum absolute atomic E-state index is 12.6. The van der Waals surface area contributed by atoms with Crippen LogP contribution in [0.3, 0.4) is 0 Å². The summed E-state index contributed by atoms with van der Waals surface area (Å²) in [5, 5.41) is 6.95. The van der Waals surface area contributed by atoms with Gasteiger partial charge in [-0.25, -0.2) is 15.1 Å². The van der Waals surface area contributed by atoms with Crippen molar-refractivity contribution in [1.29, 1.82) is 0 Å². The first-order valence-corrected chi connectivity index (χ1v) is 10.6. The summed E-state index contributed by atoms with van der Waals surface area (Å²) in [5.41, 5.74) is 4.96. The zero-order valence-corrected chi connectivity index (χ0v) is 17.1. The Morgan fingerprint density at radius 2 is 2.00 bits per heavy atom. The van der Waals surface area contributed by atoms with Crippen LogP contribution >= 0.6 is 23.1 Å². The van der Waals surface area contributed by atoms with Gasteiger partial charge in [0.25, 0.3) is 11.5 Å². The quantitative estimate of drug-likeness (QED) is 0.283. The molecule has 2 aromatic carbocycles. The molecule has 0 saturated heterocycles. The van der Waals surface area contributed by atoms with Crippen molar-refractivity contribution in [3.63, 3.8) is 0 Å². The van der Waals surface area contributed by atoms with Gasteiger partial charge in [-0.05, 0) is 31.2 Å². The first-order chi connectivity index (χ1) is 14.1. The van der Waals surface area contributed by atoms with E-state index in [-0.39, 0.29) is 17.2 Å². The molecule has 0 radical (unpaired) electrons. The number of nitrogens with one attached hydrogen (secondary N) is 2. The van der Waals surface area contributed by atoms with Crippen LogP contribution in [0.1, 0.15) is 11.3 Å². The van der Waals surface area contributed by atoms with Crippen molar-refractivity contribution in [2.45, 2.75) is 11.3 Å². The maximum atomic E-state index is 12.6. The van der Waals surface area contributed by atoms with Gasteiger partial charge >= 0.3 is 0 Å². The van der Waals surface area contributed by atoms with Crippen LogP contribution in [0.15, 0.2) is 68.8 Å². The Labute approximate surface area is 174 Å². The number of carbonyl (C=O) groups excluding carboxylic acids is 1. The van der Waals surface area contributed by atoms with Gasteiger partial charge < -0.3 is 0 Å². The van der Waals surface area contributed by atoms with Crippen LogP contribution in [0.25, 0.3) is 15.9 Å². The lowest BCUT2D eigenvalue weighted by molar-refractivity contribution is -0.118. The van der Waals surface area contributed by atoms with Gasteiger partial charge in [-0.2, -0.15) is 5.10 Å². The van der Waals surface area contributed by atoms with Crippen molar-refractivity contribution in [2.75, 3.05) is 5.75 Å². The number of rotatable bonds is 6. The zero-order valence-electron chi connectivity index (χ0n) is 15.5. The van der Waals surface area contributed by atoms with Gasteiger partial charge in [0.2, 0.25) is 0 Å². The number of hydrazone groups is 1. The van der Waals surface area contributed by atoms with Gasteiger partial charge in [-0.1, -0.05) is 42.1 Å². The van der Waals surface area contributed by atoms with Crippen molar-refractivity contribution < 1.29 is 4.79 Å². The standard InChI is InChI=1S/C20H17N5O2S2/c1-13-15(19(27)25(24-13)14-7-3-2-4-8-14)11-21-23-18(26)12-28-20-22-16-9-5-6-10-17(16)29-20/h2-11,24H,12H2,1H3,(H,23,26). The fourth-order valence-corrected chi connectivity index (χ4v) is 4.57. The number of nitrogens with zero attached hydrogens (tertiary/aromatic N) is 3. The van der Waals surface area contributed by atoms with Crippen LogP contribution in [0.2, 0.25) is 0 Å². The number of thioether (sulfide) groups is 1. The second-order valence-electron chi connectivity index (χ2n) is 6.16. The van der Waals surface area contributed by atoms with Crippen LogP contribution in [-0.4, -0.2) is 32.6 Å². The third-order valence-corrected chi connectivity index (χ3v) is 6.29. The molecule has 0 aliphatic carbocycles. The van der Waals surface area contributed by atoms with Gasteiger partial charge in [0, 0.05) is 5.69 Å². The van der Waals surface area contributed by atoms with Crippen LogP contribution in [0.5, 0.6) is 0 Å². The normalized spacial score (nSPS) is 11.3. The van der Waals surface area contributed by atoms with Crippen LogP contribution in [-0.2, 0) is 4.79 Å². The average Bonchev–Trinajstić information content (AvgIpc) is 3.28. The maximum Gasteiger partial charge on any atom is 0.280 e. The lowest BCUT2D eigenvalue weighted by Crippen LogP contribution is -2.21. The molecular weight excluding hydrogens is 406 g/mol. The monoisotopic (exact) mass is 423 g/mol. The summed E-state index contributed by atoms with van der Waals surface area (Å²) in [6.07, 6.45) is 1.37. The predicted molar refractivity (Wildman–Crippen MR) is 117 cm³/mol. The molecule has 0 aliphatic heterocycles. The van der Waals surface area contributed by atoms with Crippen molar-refractivity contribution in [2.24, 2.45) is 5.10 Å². The summed E-state index contributed by atoms with van der Waals surface area (Å²) in [6, 6.07) is 17.1. The van der Waals surface area contributed by atoms with Crippen molar-refractivity contribution >= 4 is 45.4 Å². The molecule has 1 amide bonds. The molecule has 7 nitrogen and oxygen atoms in total. The SMILES string of the molecule is Cc1[nH]n(-c2ccccc2)c(=O)c1C=NNC(=O)CSc1nc2ccccc2s1. The van der Waals surface area contributed by atoms with Crippen LogP contribution in [0.4, 0.5) is 0 Å². The van der Waals surface area contributed by atoms with E-state index in [4.69, 9.17) is 0 Å². The van der Waals surface area contributed by atoms with Crippen LogP contribution in [0, 0.1) is 6.92 Å². The van der Waals surface area contributed by atoms with E-state index in [0.717, 1.165) is 20.2 Å². The highest BCUT2D eigenvalue weighted by Crippen LogP contribution is 2.28. The highest BCUT2D eigenvalue weighted by atomic mass is 32.2. The smallest absolute Gasteiger partial charge is 0.280 e. The molecule has 0 atom stereocenters. The Morgan fingerprint density at radius 1 is 1.24 bits per heavy atom. The molecule has 0 aliphatic rings. The van der Waals surface area contributed by atoms with E-state index < -0.39 is 0 Å². The Morgan fingerprint density at radius 3 is 2.79 bits per heavy atom. The number of H-pyrrole nitrogens is 1. The van der Waals surface area contributed by atoms with E-state index in [0.29, 0.717) is 11.3 Å². The van der Waals surface area contributed by atoms with E-state index in [9.17, 15) is 9.59 Å². The molecule has 29 heavy (non-hydrogen) atoms. The van der Waals surface area contributed by atoms with Crippen molar-refractivity contribution in [1.82, 2.24) is 20.2 Å². The number of amides is 1. The lowest BCUT2D eigenvalue weighted by Gasteiger charge is -1.99. The number of thiazole rings is 1. The van der Waals surface area contributed by atoms with E-state index >= 15 is 0 Å². The van der Waals surface area contributed by atoms with Crippen molar-refractivity contribution in [3.8, 4) is 5.69 Å². The molecule has 2 aromatic heterocycles. The molecule has 2 heterocycles. The third-order valence-electron chi connectivity index (χ3n) is 4.12. The molecule has 4 rings (SSSR count). The Balaban J connectivity index is 1.38. The summed E-state index contributed by atoms with van der Waals surface area (Å²) < 4.78 is 3.37. The first-order valence-electron chi connectivity index (χ1n) is 8.79. The summed E-state index contributed by atoms with van der Waals surface area (Å²) in [5.74, 6) is -0.0700. The van der Waals surface area contributed by atoms with E-state index in [1.165, 1.54) is 22.7 Å². The van der Waals surface area contributed by atoms with E-state index in [1.54, 1.807) is 18.3 Å². The molecule has 0 unspecified atom stereocenters. The zero-order chi connectivity index (χ0) is 20.2. The average molecular weight is 424 g/mol. The fourth-order valence-electron chi connectivity index (χ4n) is 2.71. The Bertz CT molecular complexity index is 1210. The van der Waals surface area contributed by atoms with Crippen LogP contribution < -0.4 is 11.0 Å². The van der Waals surface area contributed by atoms with Gasteiger partial charge in [0.05, 0.1) is 33.4 Å². The second kappa shape index (κ2) is 8.46. The molecule has 4 aromatic rings. The van der Waals surface area contributed by atoms with Gasteiger partial charge in [-0.15, -0.1) is 11.3 Å². The number of aromatic nitrogens is 3. The third kappa shape index (κ3) is 4.30. The summed E-state index contributed by atoms with van der Waals surface area (Å²) >= 11 is 2.91. The number of benzene rings is 2. The Kier molecular flexibility index (Phi) is 5.59. The highest BCUT2D eigenvalue weighted by Gasteiger charge is 2.11. The highest BCUT2D eigenvalue weighted by molar-refractivity contribution is 8.01. The predicted octanol–water partition coefficient (Wildman–Crippen LogP) is 3.33. The molecule has 0 saturated carbocycles.